The maximum absolute atomic E-state index is 5.83. The standard InChI is InChI=1S/C17H21NO/c1-2-19-17-10-9-14-7-3-4-8-15(14)16(17)13-18-11-5-6-12-18/h3-4,7-10H,2,5-6,11-13H2,1H3. The van der Waals surface area contributed by atoms with E-state index in [1.165, 1.54) is 42.3 Å². The molecule has 1 saturated heterocycles. The van der Waals surface area contributed by atoms with Crippen molar-refractivity contribution in [2.75, 3.05) is 19.7 Å². The number of fused-ring (bicyclic) bond motifs is 1. The van der Waals surface area contributed by atoms with Crippen molar-refractivity contribution in [3.8, 4) is 5.75 Å². The van der Waals surface area contributed by atoms with Crippen molar-refractivity contribution in [3.63, 3.8) is 0 Å². The Hall–Kier alpha value is -1.54. The molecule has 1 fully saturated rings. The summed E-state index contributed by atoms with van der Waals surface area (Å²) in [5.74, 6) is 1.05. The lowest BCUT2D eigenvalue weighted by atomic mass is 10.0. The van der Waals surface area contributed by atoms with Crippen LogP contribution in [0.2, 0.25) is 0 Å². The van der Waals surface area contributed by atoms with Crippen molar-refractivity contribution in [2.45, 2.75) is 26.3 Å². The summed E-state index contributed by atoms with van der Waals surface area (Å²) in [5.41, 5.74) is 1.35. The molecule has 0 N–H and O–H groups in total. The first kappa shape index (κ1) is 12.5. The number of ether oxygens (including phenoxy) is 1. The molecule has 2 heteroatoms. The van der Waals surface area contributed by atoms with Gasteiger partial charge in [0.25, 0.3) is 0 Å². The predicted molar refractivity (Wildman–Crippen MR) is 79.6 cm³/mol. The molecule has 0 atom stereocenters. The zero-order valence-electron chi connectivity index (χ0n) is 11.6. The van der Waals surface area contributed by atoms with Gasteiger partial charge in [0.2, 0.25) is 0 Å². The van der Waals surface area contributed by atoms with Crippen LogP contribution in [0.5, 0.6) is 5.75 Å². The third-order valence-electron chi connectivity index (χ3n) is 3.88. The average Bonchev–Trinajstić information content (AvgIpc) is 2.95. The van der Waals surface area contributed by atoms with Crippen molar-refractivity contribution in [2.24, 2.45) is 0 Å². The van der Waals surface area contributed by atoms with Gasteiger partial charge >= 0.3 is 0 Å². The minimum absolute atomic E-state index is 0.728. The van der Waals surface area contributed by atoms with E-state index in [1.807, 2.05) is 0 Å². The van der Waals surface area contributed by atoms with E-state index in [4.69, 9.17) is 4.74 Å². The molecular weight excluding hydrogens is 234 g/mol. The summed E-state index contributed by atoms with van der Waals surface area (Å²) in [6.07, 6.45) is 2.66. The maximum Gasteiger partial charge on any atom is 0.124 e. The lowest BCUT2D eigenvalue weighted by Gasteiger charge is -2.19. The van der Waals surface area contributed by atoms with Gasteiger partial charge in [-0.3, -0.25) is 4.90 Å². The normalized spacial score (nSPS) is 16.1. The van der Waals surface area contributed by atoms with Crippen LogP contribution in [-0.2, 0) is 6.54 Å². The number of benzene rings is 2. The summed E-state index contributed by atoms with van der Waals surface area (Å²) in [6, 6.07) is 12.9. The molecule has 100 valence electrons. The fraction of sp³-hybridized carbons (Fsp3) is 0.412. The molecule has 0 saturated carbocycles. The van der Waals surface area contributed by atoms with Crippen LogP contribution in [0.15, 0.2) is 36.4 Å². The fourth-order valence-electron chi connectivity index (χ4n) is 2.93. The van der Waals surface area contributed by atoms with E-state index in [0.29, 0.717) is 0 Å². The molecule has 0 unspecified atom stereocenters. The van der Waals surface area contributed by atoms with Crippen molar-refractivity contribution in [1.82, 2.24) is 4.90 Å². The van der Waals surface area contributed by atoms with Gasteiger partial charge in [0.15, 0.2) is 0 Å². The van der Waals surface area contributed by atoms with Gasteiger partial charge in [-0.2, -0.15) is 0 Å². The molecule has 2 nitrogen and oxygen atoms in total. The van der Waals surface area contributed by atoms with Gasteiger partial charge in [-0.25, -0.2) is 0 Å². The Morgan fingerprint density at radius 2 is 1.84 bits per heavy atom. The Morgan fingerprint density at radius 3 is 2.63 bits per heavy atom. The molecule has 1 heterocycles. The maximum atomic E-state index is 5.83. The number of likely N-dealkylation sites (tertiary alicyclic amines) is 1. The Kier molecular flexibility index (Phi) is 3.69. The third-order valence-corrected chi connectivity index (χ3v) is 3.88. The van der Waals surface area contributed by atoms with Crippen molar-refractivity contribution < 1.29 is 4.74 Å². The zero-order valence-corrected chi connectivity index (χ0v) is 11.6. The number of nitrogens with zero attached hydrogens (tertiary/aromatic N) is 1. The van der Waals surface area contributed by atoms with E-state index >= 15 is 0 Å². The van der Waals surface area contributed by atoms with E-state index in [0.717, 1.165) is 18.9 Å². The van der Waals surface area contributed by atoms with E-state index in [9.17, 15) is 0 Å². The zero-order chi connectivity index (χ0) is 13.1. The van der Waals surface area contributed by atoms with Crippen LogP contribution in [0, 0.1) is 0 Å². The van der Waals surface area contributed by atoms with Crippen LogP contribution in [0.25, 0.3) is 10.8 Å². The van der Waals surface area contributed by atoms with Crippen LogP contribution in [-0.4, -0.2) is 24.6 Å². The van der Waals surface area contributed by atoms with Gasteiger partial charge < -0.3 is 4.74 Å². The Bertz CT molecular complexity index is 558. The van der Waals surface area contributed by atoms with Gasteiger partial charge in [0.1, 0.15) is 5.75 Å². The Balaban J connectivity index is 2.02. The predicted octanol–water partition coefficient (Wildman–Crippen LogP) is 3.83. The first-order chi connectivity index (χ1) is 9.38. The lowest BCUT2D eigenvalue weighted by molar-refractivity contribution is 0.306. The summed E-state index contributed by atoms with van der Waals surface area (Å²) in [5, 5.41) is 2.64. The van der Waals surface area contributed by atoms with Gasteiger partial charge in [0, 0.05) is 12.1 Å². The molecule has 19 heavy (non-hydrogen) atoms. The SMILES string of the molecule is CCOc1ccc2ccccc2c1CN1CCCC1. The van der Waals surface area contributed by atoms with Gasteiger partial charge in [-0.1, -0.05) is 30.3 Å². The Labute approximate surface area is 115 Å². The quantitative estimate of drug-likeness (QED) is 0.823. The molecule has 2 aromatic rings. The topological polar surface area (TPSA) is 12.5 Å². The molecule has 0 aliphatic carbocycles. The highest BCUT2D eigenvalue weighted by atomic mass is 16.5. The van der Waals surface area contributed by atoms with Crippen LogP contribution >= 0.6 is 0 Å². The minimum atomic E-state index is 0.728. The van der Waals surface area contributed by atoms with E-state index in [2.05, 4.69) is 48.2 Å². The average molecular weight is 255 g/mol. The molecule has 1 aliphatic heterocycles. The smallest absolute Gasteiger partial charge is 0.124 e. The summed E-state index contributed by atoms with van der Waals surface area (Å²) >= 11 is 0. The van der Waals surface area contributed by atoms with Gasteiger partial charge in [-0.05, 0) is 49.7 Å². The highest BCUT2D eigenvalue weighted by molar-refractivity contribution is 5.87. The number of hydrogen-bond acceptors (Lipinski definition) is 2. The van der Waals surface area contributed by atoms with E-state index < -0.39 is 0 Å². The molecule has 1 aliphatic rings. The van der Waals surface area contributed by atoms with Crippen LogP contribution < -0.4 is 4.74 Å². The molecule has 0 radical (unpaired) electrons. The monoisotopic (exact) mass is 255 g/mol. The van der Waals surface area contributed by atoms with Crippen molar-refractivity contribution >= 4 is 10.8 Å². The second-order valence-corrected chi connectivity index (χ2v) is 5.18. The largest absolute Gasteiger partial charge is 0.494 e. The lowest BCUT2D eigenvalue weighted by Crippen LogP contribution is -2.19. The van der Waals surface area contributed by atoms with Crippen LogP contribution in [0.3, 0.4) is 0 Å². The molecule has 0 bridgehead atoms. The molecule has 0 spiro atoms. The summed E-state index contributed by atoms with van der Waals surface area (Å²) in [7, 11) is 0. The van der Waals surface area contributed by atoms with Gasteiger partial charge in [0.05, 0.1) is 6.61 Å². The first-order valence-electron chi connectivity index (χ1n) is 7.24. The summed E-state index contributed by atoms with van der Waals surface area (Å²) in [6.45, 7) is 6.22. The molecule has 2 aromatic carbocycles. The third kappa shape index (κ3) is 2.59. The highest BCUT2D eigenvalue weighted by Gasteiger charge is 2.16. The van der Waals surface area contributed by atoms with Crippen molar-refractivity contribution in [3.05, 3.63) is 42.0 Å². The fourth-order valence-corrected chi connectivity index (χ4v) is 2.93. The van der Waals surface area contributed by atoms with Crippen molar-refractivity contribution in [1.29, 1.82) is 0 Å². The molecular formula is C17H21NO. The van der Waals surface area contributed by atoms with E-state index in [-0.39, 0.29) is 0 Å². The number of rotatable bonds is 4. The number of hydrogen-bond donors (Lipinski definition) is 0. The summed E-state index contributed by atoms with van der Waals surface area (Å²) < 4.78 is 5.83. The first-order valence-corrected chi connectivity index (χ1v) is 7.24. The summed E-state index contributed by atoms with van der Waals surface area (Å²) in [4.78, 5) is 2.53. The van der Waals surface area contributed by atoms with Crippen LogP contribution in [0.4, 0.5) is 0 Å². The second-order valence-electron chi connectivity index (χ2n) is 5.18. The Morgan fingerprint density at radius 1 is 1.05 bits per heavy atom. The van der Waals surface area contributed by atoms with Crippen LogP contribution in [0.1, 0.15) is 25.3 Å². The highest BCUT2D eigenvalue weighted by Crippen LogP contribution is 2.30. The molecule has 0 amide bonds. The molecule has 3 rings (SSSR count). The van der Waals surface area contributed by atoms with E-state index in [1.54, 1.807) is 0 Å². The second kappa shape index (κ2) is 5.62. The minimum Gasteiger partial charge on any atom is -0.494 e. The molecule has 0 aromatic heterocycles. The van der Waals surface area contributed by atoms with Gasteiger partial charge in [-0.15, -0.1) is 0 Å².